The van der Waals surface area contributed by atoms with Crippen LogP contribution in [0.5, 0.6) is 0 Å². The number of nitrogens with zero attached hydrogens (tertiary/aromatic N) is 1. The smallest absolute Gasteiger partial charge is 0.413 e. The monoisotopic (exact) mass is 291 g/mol. The Morgan fingerprint density at radius 1 is 1.25 bits per heavy atom. The zero-order valence-electron chi connectivity index (χ0n) is 10.8. The molecule has 0 atom stereocenters. The zero-order chi connectivity index (χ0) is 14.4. The van der Waals surface area contributed by atoms with E-state index in [0.29, 0.717) is 10.8 Å². The quantitative estimate of drug-likeness (QED) is 0.907. The molecule has 2 amide bonds. The van der Waals surface area contributed by atoms with E-state index in [1.165, 1.54) is 18.4 Å². The van der Waals surface area contributed by atoms with E-state index in [9.17, 15) is 9.59 Å². The molecule has 0 aliphatic carbocycles. The average molecular weight is 291 g/mol. The van der Waals surface area contributed by atoms with E-state index in [0.717, 1.165) is 5.69 Å². The zero-order valence-corrected chi connectivity index (χ0v) is 11.6. The molecule has 1 heterocycles. The number of benzene rings is 1. The van der Waals surface area contributed by atoms with Gasteiger partial charge < -0.3 is 10.1 Å². The fraction of sp³-hybridized carbons (Fsp3) is 0.154. The van der Waals surface area contributed by atoms with Gasteiger partial charge in [-0.3, -0.25) is 10.1 Å². The first-order chi connectivity index (χ1) is 9.67. The number of anilines is 2. The number of carbonyl (C=O) groups is 2. The summed E-state index contributed by atoms with van der Waals surface area (Å²) in [7, 11) is 1.27. The van der Waals surface area contributed by atoms with Crippen LogP contribution in [0.4, 0.5) is 15.6 Å². The second-order valence-corrected chi connectivity index (χ2v) is 4.71. The van der Waals surface area contributed by atoms with E-state index >= 15 is 0 Å². The van der Waals surface area contributed by atoms with Gasteiger partial charge in [0.25, 0.3) is 0 Å². The Morgan fingerprint density at radius 3 is 2.70 bits per heavy atom. The first kappa shape index (κ1) is 14.0. The van der Waals surface area contributed by atoms with Gasteiger partial charge in [0.1, 0.15) is 0 Å². The van der Waals surface area contributed by atoms with Gasteiger partial charge in [-0.25, -0.2) is 9.78 Å². The molecular formula is C13H13N3O3S. The Balaban J connectivity index is 1.90. The molecule has 0 saturated carbocycles. The summed E-state index contributed by atoms with van der Waals surface area (Å²) in [6, 6.07) is 9.18. The molecule has 6 nitrogen and oxygen atoms in total. The van der Waals surface area contributed by atoms with Crippen molar-refractivity contribution in [1.29, 1.82) is 0 Å². The van der Waals surface area contributed by atoms with Crippen LogP contribution in [0, 0.1) is 0 Å². The molecule has 2 N–H and O–H groups in total. The molecule has 0 fully saturated rings. The minimum atomic E-state index is -0.584. The minimum Gasteiger partial charge on any atom is -0.453 e. The third-order valence-electron chi connectivity index (χ3n) is 2.35. The lowest BCUT2D eigenvalue weighted by atomic mass is 10.3. The number of methoxy groups -OCH3 is 1. The van der Waals surface area contributed by atoms with Crippen LogP contribution in [0.15, 0.2) is 35.7 Å². The summed E-state index contributed by atoms with van der Waals surface area (Å²) >= 11 is 1.24. The molecule has 2 rings (SSSR count). The highest BCUT2D eigenvalue weighted by atomic mass is 32.1. The van der Waals surface area contributed by atoms with Crippen molar-refractivity contribution in [3.8, 4) is 0 Å². The van der Waals surface area contributed by atoms with Crippen molar-refractivity contribution < 1.29 is 14.3 Å². The van der Waals surface area contributed by atoms with E-state index in [2.05, 4.69) is 20.4 Å². The molecule has 2 aromatic rings. The van der Waals surface area contributed by atoms with Crippen LogP contribution in [0.1, 0.15) is 5.69 Å². The predicted octanol–water partition coefficient (Wildman–Crippen LogP) is 2.50. The van der Waals surface area contributed by atoms with Gasteiger partial charge in [-0.1, -0.05) is 18.2 Å². The molecule has 1 aromatic heterocycles. The lowest BCUT2D eigenvalue weighted by Crippen LogP contribution is -2.15. The molecular weight excluding hydrogens is 278 g/mol. The lowest BCUT2D eigenvalue weighted by Gasteiger charge is -2.03. The molecule has 7 heteroatoms. The first-order valence-electron chi connectivity index (χ1n) is 5.81. The van der Waals surface area contributed by atoms with Crippen LogP contribution in [0.2, 0.25) is 0 Å². The van der Waals surface area contributed by atoms with Gasteiger partial charge in [-0.05, 0) is 12.1 Å². The highest BCUT2D eigenvalue weighted by molar-refractivity contribution is 7.13. The number of rotatable bonds is 4. The average Bonchev–Trinajstić information content (AvgIpc) is 2.86. The molecule has 0 aliphatic heterocycles. The molecule has 0 saturated heterocycles. The Hall–Kier alpha value is -2.41. The number of carbonyl (C=O) groups excluding carboxylic acids is 2. The Kier molecular flexibility index (Phi) is 4.67. The largest absolute Gasteiger partial charge is 0.453 e. The normalized spacial score (nSPS) is 9.85. The number of hydrogen-bond acceptors (Lipinski definition) is 5. The summed E-state index contributed by atoms with van der Waals surface area (Å²) in [5.74, 6) is -0.161. The van der Waals surface area contributed by atoms with Gasteiger partial charge in [0.15, 0.2) is 5.13 Å². The highest BCUT2D eigenvalue weighted by Crippen LogP contribution is 2.16. The molecule has 20 heavy (non-hydrogen) atoms. The maximum Gasteiger partial charge on any atom is 0.413 e. The Labute approximate surface area is 119 Å². The van der Waals surface area contributed by atoms with E-state index < -0.39 is 6.09 Å². The summed E-state index contributed by atoms with van der Waals surface area (Å²) in [6.07, 6.45) is -0.437. The summed E-state index contributed by atoms with van der Waals surface area (Å²) < 4.78 is 4.46. The molecule has 104 valence electrons. The SMILES string of the molecule is COC(=O)Nc1nc(CC(=O)Nc2ccccc2)cs1. The van der Waals surface area contributed by atoms with Crippen molar-refractivity contribution in [1.82, 2.24) is 4.98 Å². The second kappa shape index (κ2) is 6.67. The predicted molar refractivity (Wildman–Crippen MR) is 76.9 cm³/mol. The van der Waals surface area contributed by atoms with Crippen LogP contribution in [0.3, 0.4) is 0 Å². The maximum atomic E-state index is 11.8. The van der Waals surface area contributed by atoms with E-state index in [4.69, 9.17) is 0 Å². The molecule has 0 spiro atoms. The van der Waals surface area contributed by atoms with Crippen LogP contribution < -0.4 is 10.6 Å². The van der Waals surface area contributed by atoms with Crippen molar-refractivity contribution >= 4 is 34.2 Å². The fourth-order valence-electron chi connectivity index (χ4n) is 1.48. The number of para-hydroxylation sites is 1. The summed E-state index contributed by atoms with van der Waals surface area (Å²) in [4.78, 5) is 26.9. The van der Waals surface area contributed by atoms with Gasteiger partial charge in [-0.15, -0.1) is 11.3 Å². The Morgan fingerprint density at radius 2 is 2.00 bits per heavy atom. The Bertz CT molecular complexity index is 598. The van der Waals surface area contributed by atoms with Crippen LogP contribution >= 0.6 is 11.3 Å². The number of amides is 2. The van der Waals surface area contributed by atoms with E-state index in [1.807, 2.05) is 30.3 Å². The van der Waals surface area contributed by atoms with Crippen LogP contribution in [-0.2, 0) is 16.0 Å². The van der Waals surface area contributed by atoms with Crippen LogP contribution in [-0.4, -0.2) is 24.1 Å². The first-order valence-corrected chi connectivity index (χ1v) is 6.69. The van der Waals surface area contributed by atoms with E-state index in [-0.39, 0.29) is 12.3 Å². The van der Waals surface area contributed by atoms with Crippen LogP contribution in [0.25, 0.3) is 0 Å². The van der Waals surface area contributed by atoms with Crippen molar-refractivity contribution in [2.24, 2.45) is 0 Å². The fourth-order valence-corrected chi connectivity index (χ4v) is 2.17. The van der Waals surface area contributed by atoms with Gasteiger partial charge >= 0.3 is 6.09 Å². The van der Waals surface area contributed by atoms with Crippen molar-refractivity contribution in [3.05, 3.63) is 41.4 Å². The minimum absolute atomic E-state index is 0.147. The third kappa shape index (κ3) is 4.06. The number of aromatic nitrogens is 1. The molecule has 0 radical (unpaired) electrons. The molecule has 0 aliphatic rings. The molecule has 0 bridgehead atoms. The van der Waals surface area contributed by atoms with Gasteiger partial charge in [0, 0.05) is 11.1 Å². The summed E-state index contributed by atoms with van der Waals surface area (Å²) in [5.41, 5.74) is 1.33. The van der Waals surface area contributed by atoms with Crippen molar-refractivity contribution in [3.63, 3.8) is 0 Å². The van der Waals surface area contributed by atoms with E-state index in [1.54, 1.807) is 5.38 Å². The highest BCUT2D eigenvalue weighted by Gasteiger charge is 2.09. The summed E-state index contributed by atoms with van der Waals surface area (Å²) in [6.45, 7) is 0. The van der Waals surface area contributed by atoms with Gasteiger partial charge in [0.05, 0.1) is 19.2 Å². The number of ether oxygens (including phenoxy) is 1. The third-order valence-corrected chi connectivity index (χ3v) is 3.15. The van der Waals surface area contributed by atoms with Gasteiger partial charge in [0.2, 0.25) is 5.91 Å². The van der Waals surface area contributed by atoms with Crippen molar-refractivity contribution in [2.45, 2.75) is 6.42 Å². The molecule has 0 unspecified atom stereocenters. The topological polar surface area (TPSA) is 80.3 Å². The standard InChI is InChI=1S/C13H13N3O3S/c1-19-13(18)16-12-15-10(8-20-12)7-11(17)14-9-5-3-2-4-6-9/h2-6,8H,7H2,1H3,(H,14,17)(H,15,16,18). The second-order valence-electron chi connectivity index (χ2n) is 3.85. The number of nitrogens with one attached hydrogen (secondary N) is 2. The number of thiazole rings is 1. The lowest BCUT2D eigenvalue weighted by molar-refractivity contribution is -0.115. The van der Waals surface area contributed by atoms with Gasteiger partial charge in [-0.2, -0.15) is 0 Å². The summed E-state index contributed by atoms with van der Waals surface area (Å²) in [5, 5.41) is 7.34. The number of hydrogen-bond donors (Lipinski definition) is 2. The van der Waals surface area contributed by atoms with Crippen molar-refractivity contribution in [2.75, 3.05) is 17.7 Å². The maximum absolute atomic E-state index is 11.8. The molecule has 1 aromatic carbocycles.